The lowest BCUT2D eigenvalue weighted by Gasteiger charge is -2.09. The Morgan fingerprint density at radius 3 is 2.75 bits per heavy atom. The predicted octanol–water partition coefficient (Wildman–Crippen LogP) is 2.62. The van der Waals surface area contributed by atoms with Crippen LogP contribution in [0.3, 0.4) is 0 Å². The fourth-order valence-electron chi connectivity index (χ4n) is 1.84. The number of alkyl halides is 3. The highest BCUT2D eigenvalue weighted by molar-refractivity contribution is 7.09. The van der Waals surface area contributed by atoms with E-state index < -0.39 is 11.9 Å². The fourth-order valence-corrected chi connectivity index (χ4v) is 2.65. The maximum atomic E-state index is 12.5. The summed E-state index contributed by atoms with van der Waals surface area (Å²) >= 11 is 0.996. The largest absolute Gasteiger partial charge is 0.434 e. The highest BCUT2D eigenvalue weighted by atomic mass is 32.1. The van der Waals surface area contributed by atoms with Gasteiger partial charge in [-0.1, -0.05) is 12.1 Å². The Morgan fingerprint density at radius 2 is 2.17 bits per heavy atom. The van der Waals surface area contributed by atoms with Crippen LogP contribution in [0.4, 0.5) is 13.2 Å². The van der Waals surface area contributed by atoms with E-state index in [4.69, 9.17) is 4.52 Å². The first-order valence-corrected chi connectivity index (χ1v) is 8.21. The van der Waals surface area contributed by atoms with Crippen LogP contribution in [0.5, 0.6) is 0 Å². The van der Waals surface area contributed by atoms with Crippen LogP contribution in [0, 0.1) is 0 Å². The van der Waals surface area contributed by atoms with Crippen molar-refractivity contribution < 1.29 is 17.7 Å². The summed E-state index contributed by atoms with van der Waals surface area (Å²) in [5.74, 6) is 1.21. The van der Waals surface area contributed by atoms with E-state index in [2.05, 4.69) is 25.8 Å². The van der Waals surface area contributed by atoms with Crippen molar-refractivity contribution in [1.82, 2.24) is 20.8 Å². The number of guanidine groups is 1. The second-order valence-corrected chi connectivity index (χ2v) is 5.81. The number of thiazole rings is 1. The monoisotopic (exact) mass is 361 g/mol. The van der Waals surface area contributed by atoms with Gasteiger partial charge in [-0.05, 0) is 6.42 Å². The van der Waals surface area contributed by atoms with Gasteiger partial charge in [0.15, 0.2) is 17.4 Å². The Bertz CT molecular complexity index is 680. The van der Waals surface area contributed by atoms with Crippen LogP contribution < -0.4 is 10.6 Å². The normalized spacial score (nSPS) is 12.5. The second kappa shape index (κ2) is 8.13. The van der Waals surface area contributed by atoms with Crippen molar-refractivity contribution in [3.05, 3.63) is 33.6 Å². The highest BCUT2D eigenvalue weighted by Gasteiger charge is 2.33. The van der Waals surface area contributed by atoms with Crippen LogP contribution in [-0.4, -0.2) is 29.7 Å². The Hall–Kier alpha value is -2.10. The third-order valence-electron chi connectivity index (χ3n) is 3.10. The molecule has 2 N–H and O–H groups in total. The summed E-state index contributed by atoms with van der Waals surface area (Å²) in [5, 5.41) is 11.4. The Labute approximate surface area is 141 Å². The number of nitrogens with zero attached hydrogens (tertiary/aromatic N) is 3. The highest BCUT2D eigenvalue weighted by Crippen LogP contribution is 2.29. The fraction of sp³-hybridized carbons (Fsp3) is 0.500. The van der Waals surface area contributed by atoms with Gasteiger partial charge in [0.2, 0.25) is 0 Å². The van der Waals surface area contributed by atoms with Crippen molar-refractivity contribution in [3.8, 4) is 0 Å². The average molecular weight is 361 g/mol. The second-order valence-electron chi connectivity index (χ2n) is 4.86. The number of aromatic nitrogens is 2. The van der Waals surface area contributed by atoms with E-state index in [1.165, 1.54) is 0 Å². The summed E-state index contributed by atoms with van der Waals surface area (Å²) in [5.41, 5.74) is 0.0287. The van der Waals surface area contributed by atoms with Gasteiger partial charge in [-0.3, -0.25) is 4.99 Å². The van der Waals surface area contributed by atoms with E-state index in [1.54, 1.807) is 7.05 Å². The van der Waals surface area contributed by atoms with Crippen LogP contribution in [-0.2, 0) is 25.6 Å². The van der Waals surface area contributed by atoms with Crippen molar-refractivity contribution in [1.29, 1.82) is 0 Å². The molecule has 132 valence electrons. The van der Waals surface area contributed by atoms with Crippen LogP contribution in [0.25, 0.3) is 0 Å². The summed E-state index contributed by atoms with van der Waals surface area (Å²) in [6.45, 7) is 2.82. The number of aliphatic imine (C=N–C) groups is 1. The molecule has 6 nitrogen and oxygen atoms in total. The Kier molecular flexibility index (Phi) is 6.18. The smallest absolute Gasteiger partial charge is 0.359 e. The molecule has 10 heteroatoms. The first-order chi connectivity index (χ1) is 11.4. The van der Waals surface area contributed by atoms with E-state index in [9.17, 15) is 13.2 Å². The molecular weight excluding hydrogens is 343 g/mol. The molecular formula is C14H18F3N5OS. The third-order valence-corrected chi connectivity index (χ3v) is 4.01. The van der Waals surface area contributed by atoms with Gasteiger partial charge < -0.3 is 15.2 Å². The molecule has 2 aromatic rings. The summed E-state index contributed by atoms with van der Waals surface area (Å²) in [6, 6.07) is 1.86. The van der Waals surface area contributed by atoms with E-state index in [0.29, 0.717) is 36.2 Å². The van der Waals surface area contributed by atoms with Crippen molar-refractivity contribution in [3.63, 3.8) is 0 Å². The Morgan fingerprint density at radius 1 is 1.38 bits per heavy atom. The molecule has 0 saturated heterocycles. The van der Waals surface area contributed by atoms with Crippen LogP contribution in [0.15, 0.2) is 21.0 Å². The molecule has 0 fully saturated rings. The van der Waals surface area contributed by atoms with Gasteiger partial charge in [-0.25, -0.2) is 4.98 Å². The van der Waals surface area contributed by atoms with Crippen molar-refractivity contribution >= 4 is 17.3 Å². The van der Waals surface area contributed by atoms with Crippen LogP contribution in [0.1, 0.15) is 29.1 Å². The van der Waals surface area contributed by atoms with E-state index in [0.717, 1.165) is 28.8 Å². The summed E-state index contributed by atoms with van der Waals surface area (Å²) < 4.78 is 42.6. The topological polar surface area (TPSA) is 75.3 Å². The molecule has 0 atom stereocenters. The quantitative estimate of drug-likeness (QED) is 0.611. The van der Waals surface area contributed by atoms with E-state index >= 15 is 0 Å². The molecule has 0 aromatic carbocycles. The summed E-state index contributed by atoms with van der Waals surface area (Å²) in [6.07, 6.45) is -3.22. The molecule has 0 unspecified atom stereocenters. The van der Waals surface area contributed by atoms with Gasteiger partial charge in [0.05, 0.1) is 17.2 Å². The zero-order valence-corrected chi connectivity index (χ0v) is 14.1. The number of hydrogen-bond acceptors (Lipinski definition) is 5. The lowest BCUT2D eigenvalue weighted by Crippen LogP contribution is -2.37. The minimum absolute atomic E-state index is 0.379. The molecule has 0 bridgehead atoms. The number of hydrogen-bond donors (Lipinski definition) is 2. The molecule has 0 spiro atoms. The van der Waals surface area contributed by atoms with Crippen molar-refractivity contribution in [2.24, 2.45) is 4.99 Å². The molecule has 0 saturated carbocycles. The van der Waals surface area contributed by atoms with Crippen LogP contribution >= 0.6 is 11.3 Å². The SMILES string of the molecule is CCc1cc(CNC(=NC)NCCc2nc(C(F)(F)F)cs2)on1. The van der Waals surface area contributed by atoms with E-state index in [1.807, 2.05) is 13.0 Å². The van der Waals surface area contributed by atoms with Crippen molar-refractivity contribution in [2.45, 2.75) is 32.5 Å². The number of aryl methyl sites for hydroxylation is 1. The molecule has 24 heavy (non-hydrogen) atoms. The van der Waals surface area contributed by atoms with Gasteiger partial charge in [0.1, 0.15) is 0 Å². The predicted molar refractivity (Wildman–Crippen MR) is 84.9 cm³/mol. The van der Waals surface area contributed by atoms with Gasteiger partial charge >= 0.3 is 6.18 Å². The molecule has 2 rings (SSSR count). The molecule has 0 aliphatic carbocycles. The zero-order valence-electron chi connectivity index (χ0n) is 13.3. The molecule has 0 aliphatic heterocycles. The summed E-state index contributed by atoms with van der Waals surface area (Å²) in [7, 11) is 1.61. The Balaban J connectivity index is 1.76. The van der Waals surface area contributed by atoms with Gasteiger partial charge in [0, 0.05) is 31.5 Å². The standard InChI is InChI=1S/C14H18F3N5OS/c1-3-9-6-10(23-22-9)7-20-13(18-2)19-5-4-12-21-11(8-24-12)14(15,16)17/h6,8H,3-5,7H2,1-2H3,(H2,18,19,20). The molecule has 0 amide bonds. The number of halogens is 3. The minimum Gasteiger partial charge on any atom is -0.359 e. The van der Waals surface area contributed by atoms with Crippen molar-refractivity contribution in [2.75, 3.05) is 13.6 Å². The molecule has 0 radical (unpaired) electrons. The molecule has 2 aromatic heterocycles. The van der Waals surface area contributed by atoms with Gasteiger partial charge in [-0.2, -0.15) is 13.2 Å². The summed E-state index contributed by atoms with van der Waals surface area (Å²) in [4.78, 5) is 7.62. The first kappa shape index (κ1) is 18.2. The maximum absolute atomic E-state index is 12.5. The average Bonchev–Trinajstić information content (AvgIpc) is 3.19. The first-order valence-electron chi connectivity index (χ1n) is 7.33. The lowest BCUT2D eigenvalue weighted by atomic mass is 10.3. The zero-order chi connectivity index (χ0) is 17.6. The maximum Gasteiger partial charge on any atom is 0.434 e. The number of rotatable bonds is 6. The van der Waals surface area contributed by atoms with E-state index in [-0.39, 0.29) is 0 Å². The lowest BCUT2D eigenvalue weighted by molar-refractivity contribution is -0.140. The van der Waals surface area contributed by atoms with Crippen LogP contribution in [0.2, 0.25) is 0 Å². The van der Waals surface area contributed by atoms with Gasteiger partial charge in [0.25, 0.3) is 0 Å². The molecule has 2 heterocycles. The van der Waals surface area contributed by atoms with Gasteiger partial charge in [-0.15, -0.1) is 11.3 Å². The third kappa shape index (κ3) is 5.22. The minimum atomic E-state index is -4.39. The molecule has 0 aliphatic rings. The number of nitrogens with one attached hydrogen (secondary N) is 2.